The van der Waals surface area contributed by atoms with Gasteiger partial charge in [-0.3, -0.25) is 4.79 Å². The van der Waals surface area contributed by atoms with Gasteiger partial charge in [0.05, 0.1) is 5.25 Å². The normalized spacial score (nSPS) is 19.2. The van der Waals surface area contributed by atoms with Crippen molar-refractivity contribution in [3.63, 3.8) is 0 Å². The van der Waals surface area contributed by atoms with Crippen LogP contribution >= 0.6 is 24.0 Å². The van der Waals surface area contributed by atoms with Crippen molar-refractivity contribution >= 4 is 40.6 Å². The predicted octanol–water partition coefficient (Wildman–Crippen LogP) is 2.55. The van der Waals surface area contributed by atoms with Gasteiger partial charge in [0.15, 0.2) is 0 Å². The van der Waals surface area contributed by atoms with Gasteiger partial charge >= 0.3 is 0 Å². The fourth-order valence-electron chi connectivity index (χ4n) is 1.89. The Hall–Kier alpha value is -1.07. The average molecular weight is 280 g/mol. The second-order valence-corrected chi connectivity index (χ2v) is 6.04. The number of benzene rings is 1. The monoisotopic (exact) mass is 280 g/mol. The van der Waals surface area contributed by atoms with Gasteiger partial charge in [-0.25, -0.2) is 0 Å². The van der Waals surface area contributed by atoms with Crippen LogP contribution in [0.4, 0.5) is 5.69 Å². The summed E-state index contributed by atoms with van der Waals surface area (Å²) in [6.07, 6.45) is 3.34. The lowest BCUT2D eigenvalue weighted by molar-refractivity contribution is -0.115. The molecule has 0 saturated carbocycles. The zero-order valence-corrected chi connectivity index (χ0v) is 11.7. The molecule has 1 atom stereocenters. The van der Waals surface area contributed by atoms with Crippen molar-refractivity contribution in [3.05, 3.63) is 29.8 Å². The first kappa shape index (κ1) is 13.4. The van der Waals surface area contributed by atoms with Gasteiger partial charge in [-0.15, -0.1) is 11.8 Å². The maximum absolute atomic E-state index is 12.0. The number of carbonyl (C=O) groups excluding carboxylic acids is 1. The second kappa shape index (κ2) is 6.20. The summed E-state index contributed by atoms with van der Waals surface area (Å²) >= 11 is 6.63. The summed E-state index contributed by atoms with van der Waals surface area (Å²) in [4.78, 5) is 12.4. The van der Waals surface area contributed by atoms with E-state index in [1.165, 1.54) is 6.42 Å². The first-order valence-corrected chi connectivity index (χ1v) is 7.45. The topological polar surface area (TPSA) is 55.1 Å². The minimum Gasteiger partial charge on any atom is -0.389 e. The molecule has 1 aliphatic rings. The Morgan fingerprint density at radius 3 is 2.61 bits per heavy atom. The number of thioether (sulfide) groups is 1. The van der Waals surface area contributed by atoms with Crippen LogP contribution in [-0.4, -0.2) is 21.9 Å². The predicted molar refractivity (Wildman–Crippen MR) is 81.1 cm³/mol. The quantitative estimate of drug-likeness (QED) is 0.836. The van der Waals surface area contributed by atoms with Crippen LogP contribution in [-0.2, 0) is 4.79 Å². The molecule has 0 spiro atoms. The number of nitrogens with two attached hydrogens (primary N) is 1. The number of rotatable bonds is 3. The number of hydrogen-bond acceptors (Lipinski definition) is 3. The fraction of sp³-hybridized carbons (Fsp3) is 0.385. The maximum atomic E-state index is 12.0. The van der Waals surface area contributed by atoms with Gasteiger partial charge in [-0.2, -0.15) is 0 Å². The van der Waals surface area contributed by atoms with Crippen molar-refractivity contribution in [2.75, 3.05) is 11.1 Å². The SMILES string of the molecule is NC(=S)c1ccc(NC(=O)C2CCCCS2)cc1. The van der Waals surface area contributed by atoms with Gasteiger partial charge in [0.2, 0.25) is 5.91 Å². The van der Waals surface area contributed by atoms with E-state index < -0.39 is 0 Å². The number of thiocarbonyl (C=S) groups is 1. The molecule has 3 nitrogen and oxygen atoms in total. The average Bonchev–Trinajstić information content (AvgIpc) is 2.40. The summed E-state index contributed by atoms with van der Waals surface area (Å²) in [5.74, 6) is 1.18. The summed E-state index contributed by atoms with van der Waals surface area (Å²) < 4.78 is 0. The van der Waals surface area contributed by atoms with Crippen LogP contribution in [0, 0.1) is 0 Å². The molecular weight excluding hydrogens is 264 g/mol. The molecular formula is C13H16N2OS2. The van der Waals surface area contributed by atoms with E-state index in [0.717, 1.165) is 29.8 Å². The van der Waals surface area contributed by atoms with Gasteiger partial charge < -0.3 is 11.1 Å². The van der Waals surface area contributed by atoms with E-state index in [2.05, 4.69) is 5.32 Å². The third-order valence-electron chi connectivity index (χ3n) is 2.91. The molecule has 96 valence electrons. The summed E-state index contributed by atoms with van der Waals surface area (Å²) in [6.45, 7) is 0. The van der Waals surface area contributed by atoms with Crippen molar-refractivity contribution in [1.82, 2.24) is 0 Å². The van der Waals surface area contributed by atoms with Crippen molar-refractivity contribution in [3.8, 4) is 0 Å². The molecule has 2 rings (SSSR count). The Labute approximate surface area is 117 Å². The molecule has 1 aromatic rings. The summed E-state index contributed by atoms with van der Waals surface area (Å²) in [7, 11) is 0. The van der Waals surface area contributed by atoms with Gasteiger partial charge in [-0.1, -0.05) is 18.6 Å². The van der Waals surface area contributed by atoms with Crippen LogP contribution in [0.15, 0.2) is 24.3 Å². The van der Waals surface area contributed by atoms with Crippen LogP contribution in [0.5, 0.6) is 0 Å². The zero-order chi connectivity index (χ0) is 13.0. The van der Waals surface area contributed by atoms with E-state index in [9.17, 15) is 4.79 Å². The van der Waals surface area contributed by atoms with E-state index in [-0.39, 0.29) is 11.2 Å². The third kappa shape index (κ3) is 3.46. The van der Waals surface area contributed by atoms with Crippen molar-refractivity contribution in [2.45, 2.75) is 24.5 Å². The highest BCUT2D eigenvalue weighted by Crippen LogP contribution is 2.26. The maximum Gasteiger partial charge on any atom is 0.237 e. The van der Waals surface area contributed by atoms with Crippen LogP contribution in [0.25, 0.3) is 0 Å². The van der Waals surface area contributed by atoms with E-state index in [1.54, 1.807) is 11.8 Å². The van der Waals surface area contributed by atoms with Crippen LogP contribution in [0.2, 0.25) is 0 Å². The first-order valence-electron chi connectivity index (χ1n) is 5.99. The zero-order valence-electron chi connectivity index (χ0n) is 10.0. The second-order valence-electron chi connectivity index (χ2n) is 4.29. The van der Waals surface area contributed by atoms with Gasteiger partial charge in [0.25, 0.3) is 0 Å². The fourth-order valence-corrected chi connectivity index (χ4v) is 3.22. The molecule has 1 amide bonds. The molecule has 1 aliphatic heterocycles. The highest BCUT2D eigenvalue weighted by atomic mass is 32.2. The van der Waals surface area contributed by atoms with Crippen molar-refractivity contribution in [2.24, 2.45) is 5.73 Å². The Morgan fingerprint density at radius 1 is 1.33 bits per heavy atom. The highest BCUT2D eigenvalue weighted by molar-refractivity contribution is 8.00. The number of nitrogens with one attached hydrogen (secondary N) is 1. The molecule has 3 N–H and O–H groups in total. The summed E-state index contributed by atoms with van der Waals surface area (Å²) in [5.41, 5.74) is 7.13. The third-order valence-corrected chi connectivity index (χ3v) is 4.52. The van der Waals surface area contributed by atoms with Crippen LogP contribution < -0.4 is 11.1 Å². The minimum atomic E-state index is 0.0917. The van der Waals surface area contributed by atoms with Gasteiger partial charge in [0.1, 0.15) is 4.99 Å². The first-order chi connectivity index (χ1) is 8.66. The molecule has 1 heterocycles. The van der Waals surface area contributed by atoms with Crippen molar-refractivity contribution in [1.29, 1.82) is 0 Å². The minimum absolute atomic E-state index is 0.0917. The van der Waals surface area contributed by atoms with Crippen LogP contribution in [0.1, 0.15) is 24.8 Å². The Kier molecular flexibility index (Phi) is 4.60. The lowest BCUT2D eigenvalue weighted by atomic mass is 10.1. The van der Waals surface area contributed by atoms with Crippen molar-refractivity contribution < 1.29 is 4.79 Å². The molecule has 0 bridgehead atoms. The molecule has 0 aliphatic carbocycles. The molecule has 1 aromatic carbocycles. The van der Waals surface area contributed by atoms with Crippen LogP contribution in [0.3, 0.4) is 0 Å². The number of carbonyl (C=O) groups is 1. The lowest BCUT2D eigenvalue weighted by Gasteiger charge is -2.20. The van der Waals surface area contributed by atoms with E-state index in [0.29, 0.717) is 4.99 Å². The Balaban J connectivity index is 1.96. The number of amides is 1. The summed E-state index contributed by atoms with van der Waals surface area (Å²) in [5, 5.41) is 3.03. The van der Waals surface area contributed by atoms with E-state index >= 15 is 0 Å². The Morgan fingerprint density at radius 2 is 2.06 bits per heavy atom. The molecule has 0 radical (unpaired) electrons. The lowest BCUT2D eigenvalue weighted by Crippen LogP contribution is -2.27. The molecule has 1 unspecified atom stereocenters. The molecule has 1 saturated heterocycles. The van der Waals surface area contributed by atoms with E-state index in [1.807, 2.05) is 24.3 Å². The molecule has 0 aromatic heterocycles. The summed E-state index contributed by atoms with van der Waals surface area (Å²) in [6, 6.07) is 7.32. The molecule has 1 fully saturated rings. The highest BCUT2D eigenvalue weighted by Gasteiger charge is 2.21. The smallest absolute Gasteiger partial charge is 0.237 e. The van der Waals surface area contributed by atoms with E-state index in [4.69, 9.17) is 18.0 Å². The molecule has 5 heteroatoms. The van der Waals surface area contributed by atoms with Gasteiger partial charge in [-0.05, 0) is 42.9 Å². The van der Waals surface area contributed by atoms with Gasteiger partial charge in [0, 0.05) is 11.3 Å². The Bertz CT molecular complexity index is 439. The number of anilines is 1. The number of hydrogen-bond donors (Lipinski definition) is 2. The largest absolute Gasteiger partial charge is 0.389 e. The molecule has 18 heavy (non-hydrogen) atoms. The standard InChI is InChI=1S/C13H16N2OS2/c14-12(17)9-4-6-10(7-5-9)15-13(16)11-3-1-2-8-18-11/h4-7,11H,1-3,8H2,(H2,14,17)(H,15,16).